The summed E-state index contributed by atoms with van der Waals surface area (Å²) < 4.78 is 5.28. The van der Waals surface area contributed by atoms with Crippen molar-refractivity contribution in [2.75, 3.05) is 6.61 Å². The molecule has 1 aliphatic rings. The highest BCUT2D eigenvalue weighted by atomic mass is 16.6. The number of ketones is 1. The second-order valence-electron chi connectivity index (χ2n) is 8.47. The van der Waals surface area contributed by atoms with Crippen molar-refractivity contribution in [1.29, 1.82) is 0 Å². The van der Waals surface area contributed by atoms with Crippen molar-refractivity contribution in [3.05, 3.63) is 110 Å². The third-order valence-corrected chi connectivity index (χ3v) is 6.15. The van der Waals surface area contributed by atoms with Gasteiger partial charge in [-0.2, -0.15) is 0 Å². The van der Waals surface area contributed by atoms with Gasteiger partial charge in [0.05, 0.1) is 10.5 Å². The van der Waals surface area contributed by atoms with Crippen LogP contribution >= 0.6 is 0 Å². The van der Waals surface area contributed by atoms with E-state index in [1.807, 2.05) is 13.8 Å². The summed E-state index contributed by atoms with van der Waals surface area (Å²) in [6.45, 7) is 3.18. The van der Waals surface area contributed by atoms with E-state index in [4.69, 9.17) is 4.74 Å². The maximum Gasteiger partial charge on any atom is 0.330 e. The zero-order valence-corrected chi connectivity index (χ0v) is 19.6. The van der Waals surface area contributed by atoms with Gasteiger partial charge in [0.2, 0.25) is 0 Å². The number of amides is 2. The summed E-state index contributed by atoms with van der Waals surface area (Å²) in [5.41, 5.74) is 1.85. The van der Waals surface area contributed by atoms with Gasteiger partial charge < -0.3 is 4.74 Å². The molecule has 1 heterocycles. The van der Waals surface area contributed by atoms with E-state index in [0.717, 1.165) is 17.2 Å². The van der Waals surface area contributed by atoms with Crippen LogP contribution in [-0.4, -0.2) is 46.0 Å². The number of imide groups is 1. The zero-order chi connectivity index (χ0) is 26.0. The van der Waals surface area contributed by atoms with Crippen molar-refractivity contribution in [2.45, 2.75) is 26.3 Å². The van der Waals surface area contributed by atoms with Crippen molar-refractivity contribution in [3.8, 4) is 0 Å². The Hall–Kier alpha value is -4.66. The van der Waals surface area contributed by atoms with E-state index in [0.29, 0.717) is 16.0 Å². The minimum Gasteiger partial charge on any atom is -0.456 e. The first-order valence-corrected chi connectivity index (χ1v) is 11.2. The van der Waals surface area contributed by atoms with Crippen LogP contribution in [0.1, 0.15) is 47.8 Å². The third-order valence-electron chi connectivity index (χ3n) is 6.15. The Balaban J connectivity index is 1.62. The molecule has 182 valence electrons. The number of ether oxygens (including phenoxy) is 1. The van der Waals surface area contributed by atoms with Crippen LogP contribution in [-0.2, 0) is 16.0 Å². The molecule has 9 nitrogen and oxygen atoms in total. The molecule has 2 amide bonds. The number of rotatable bonds is 8. The average molecular weight is 486 g/mol. The summed E-state index contributed by atoms with van der Waals surface area (Å²) in [6, 6.07) is 16.1. The monoisotopic (exact) mass is 486 g/mol. The Bertz CT molecular complexity index is 1400. The number of aryl methyl sites for hydroxylation is 2. The second-order valence-corrected chi connectivity index (χ2v) is 8.47. The molecule has 0 saturated carbocycles. The lowest BCUT2D eigenvalue weighted by Gasteiger charge is -2.24. The first kappa shape index (κ1) is 24.5. The Labute approximate surface area is 206 Å². The lowest BCUT2D eigenvalue weighted by molar-refractivity contribution is -0.385. The van der Waals surface area contributed by atoms with Crippen LogP contribution in [0.3, 0.4) is 0 Å². The van der Waals surface area contributed by atoms with Crippen LogP contribution < -0.4 is 0 Å². The maximum absolute atomic E-state index is 13.2. The zero-order valence-electron chi connectivity index (χ0n) is 19.6. The molecule has 0 spiro atoms. The Morgan fingerprint density at radius 2 is 1.67 bits per heavy atom. The van der Waals surface area contributed by atoms with Crippen molar-refractivity contribution in [3.63, 3.8) is 0 Å². The fraction of sp³-hybridized carbons (Fsp3) is 0.185. The summed E-state index contributed by atoms with van der Waals surface area (Å²) >= 11 is 0. The molecular formula is C27H22N2O7. The van der Waals surface area contributed by atoms with Gasteiger partial charge in [0, 0.05) is 18.1 Å². The number of hydrogen-bond acceptors (Lipinski definition) is 7. The molecule has 0 unspecified atom stereocenters. The number of Topliss-reactive ketones (excluding diaryl/α,β-unsaturated/α-hetero) is 1. The molecule has 3 aromatic rings. The Kier molecular flexibility index (Phi) is 6.73. The van der Waals surface area contributed by atoms with Crippen LogP contribution in [0.15, 0.2) is 66.7 Å². The molecule has 0 aromatic heterocycles. The second kappa shape index (κ2) is 9.91. The van der Waals surface area contributed by atoms with Crippen LogP contribution in [0.4, 0.5) is 5.69 Å². The van der Waals surface area contributed by atoms with Gasteiger partial charge in [-0.3, -0.25) is 29.4 Å². The summed E-state index contributed by atoms with van der Waals surface area (Å²) in [5.74, 6) is -3.20. The predicted octanol–water partition coefficient (Wildman–Crippen LogP) is 3.85. The van der Waals surface area contributed by atoms with Crippen molar-refractivity contribution >= 4 is 29.3 Å². The van der Waals surface area contributed by atoms with Gasteiger partial charge in [0.1, 0.15) is 11.6 Å². The van der Waals surface area contributed by atoms with Gasteiger partial charge in [-0.1, -0.05) is 48.5 Å². The first-order valence-electron chi connectivity index (χ1n) is 11.2. The summed E-state index contributed by atoms with van der Waals surface area (Å²) in [6.07, 6.45) is -0.0865. The Morgan fingerprint density at radius 1 is 0.944 bits per heavy atom. The van der Waals surface area contributed by atoms with Crippen LogP contribution in [0, 0.1) is 24.0 Å². The highest BCUT2D eigenvalue weighted by Gasteiger charge is 2.47. The SMILES string of the molecule is Cc1ccc(C(=O)COC(=O)[C@H](Cc2ccccc2)N2C(=O)c3cccc([N+](=O)[O-])c3C2=O)cc1C. The largest absolute Gasteiger partial charge is 0.456 e. The van der Waals surface area contributed by atoms with E-state index >= 15 is 0 Å². The van der Waals surface area contributed by atoms with Crippen molar-refractivity contribution in [2.24, 2.45) is 0 Å². The molecule has 0 aliphatic carbocycles. The molecule has 0 saturated heterocycles. The number of carbonyl (C=O) groups excluding carboxylic acids is 4. The predicted molar refractivity (Wildman–Crippen MR) is 129 cm³/mol. The smallest absolute Gasteiger partial charge is 0.330 e. The highest BCUT2D eigenvalue weighted by Crippen LogP contribution is 2.33. The molecule has 0 fully saturated rings. The van der Waals surface area contributed by atoms with Crippen LogP contribution in [0.5, 0.6) is 0 Å². The van der Waals surface area contributed by atoms with E-state index in [2.05, 4.69) is 0 Å². The van der Waals surface area contributed by atoms with Crippen molar-refractivity contribution in [1.82, 2.24) is 4.90 Å². The number of fused-ring (bicyclic) bond motifs is 1. The van der Waals surface area contributed by atoms with E-state index in [-0.39, 0.29) is 17.5 Å². The van der Waals surface area contributed by atoms with Gasteiger partial charge in [-0.25, -0.2) is 4.79 Å². The molecule has 0 bridgehead atoms. The van der Waals surface area contributed by atoms with Gasteiger partial charge in [-0.05, 0) is 42.7 Å². The fourth-order valence-corrected chi connectivity index (χ4v) is 4.07. The van der Waals surface area contributed by atoms with Gasteiger partial charge in [0.25, 0.3) is 17.5 Å². The lowest BCUT2D eigenvalue weighted by atomic mass is 10.0. The number of nitro benzene ring substituents is 1. The minimum absolute atomic E-state index is 0.0865. The molecule has 3 aromatic carbocycles. The van der Waals surface area contributed by atoms with E-state index in [1.54, 1.807) is 48.5 Å². The van der Waals surface area contributed by atoms with Crippen molar-refractivity contribution < 1.29 is 28.8 Å². The van der Waals surface area contributed by atoms with E-state index in [1.165, 1.54) is 12.1 Å². The van der Waals surface area contributed by atoms with E-state index in [9.17, 15) is 29.3 Å². The third kappa shape index (κ3) is 4.63. The minimum atomic E-state index is -1.42. The van der Waals surface area contributed by atoms with Crippen LogP contribution in [0.2, 0.25) is 0 Å². The lowest BCUT2D eigenvalue weighted by Crippen LogP contribution is -2.47. The first-order chi connectivity index (χ1) is 17.2. The Morgan fingerprint density at radius 3 is 2.33 bits per heavy atom. The number of nitro groups is 1. The number of nitrogens with zero attached hydrogens (tertiary/aromatic N) is 2. The molecular weight excluding hydrogens is 464 g/mol. The topological polar surface area (TPSA) is 124 Å². The molecule has 36 heavy (non-hydrogen) atoms. The summed E-state index contributed by atoms with van der Waals surface area (Å²) in [5, 5.41) is 11.5. The molecule has 4 rings (SSSR count). The number of hydrogen-bond donors (Lipinski definition) is 0. The molecule has 1 aliphatic heterocycles. The summed E-state index contributed by atoms with van der Waals surface area (Å²) in [7, 11) is 0. The van der Waals surface area contributed by atoms with E-state index < -0.39 is 46.8 Å². The number of benzene rings is 3. The average Bonchev–Trinajstić information content (AvgIpc) is 3.12. The van der Waals surface area contributed by atoms with Gasteiger partial charge in [0.15, 0.2) is 12.4 Å². The standard InChI is InChI=1S/C27H22N2O7/c1-16-11-12-19(13-17(16)2)23(30)15-36-27(33)22(14-18-7-4-3-5-8-18)28-25(31)20-9-6-10-21(29(34)35)24(20)26(28)32/h3-13,22H,14-15H2,1-2H3/t22-/m0/s1. The van der Waals surface area contributed by atoms with Crippen LogP contribution in [0.25, 0.3) is 0 Å². The molecule has 1 atom stereocenters. The number of esters is 1. The quantitative estimate of drug-likeness (QED) is 0.156. The normalized spacial score (nSPS) is 13.3. The fourth-order valence-electron chi connectivity index (χ4n) is 4.07. The number of carbonyl (C=O) groups is 4. The molecule has 9 heteroatoms. The highest BCUT2D eigenvalue weighted by molar-refractivity contribution is 6.24. The molecule has 0 N–H and O–H groups in total. The van der Waals surface area contributed by atoms with Gasteiger partial charge in [-0.15, -0.1) is 0 Å². The molecule has 0 radical (unpaired) electrons. The summed E-state index contributed by atoms with van der Waals surface area (Å²) in [4.78, 5) is 63.6. The van der Waals surface area contributed by atoms with Gasteiger partial charge >= 0.3 is 5.97 Å². The maximum atomic E-state index is 13.2.